The van der Waals surface area contributed by atoms with Crippen LogP contribution in [0.3, 0.4) is 0 Å². The summed E-state index contributed by atoms with van der Waals surface area (Å²) in [6.45, 7) is 5.71. The summed E-state index contributed by atoms with van der Waals surface area (Å²) in [4.78, 5) is 5.79. The third kappa shape index (κ3) is 3.54. The van der Waals surface area contributed by atoms with E-state index in [4.69, 9.17) is 9.73 Å². The summed E-state index contributed by atoms with van der Waals surface area (Å²) < 4.78 is 7.72. The number of rotatable bonds is 5. The minimum Gasteiger partial charge on any atom is -0.494 e. The van der Waals surface area contributed by atoms with E-state index in [0.717, 1.165) is 22.8 Å². The molecule has 0 N–H and O–H groups in total. The Labute approximate surface area is 140 Å². The molecule has 0 aliphatic rings. The van der Waals surface area contributed by atoms with E-state index in [1.54, 1.807) is 11.3 Å². The molecule has 3 rings (SSSR count). The maximum absolute atomic E-state index is 5.47. The normalized spacial score (nSPS) is 11.7. The van der Waals surface area contributed by atoms with Gasteiger partial charge in [-0.3, -0.25) is 0 Å². The average Bonchev–Trinajstić information content (AvgIpc) is 3.00. The van der Waals surface area contributed by atoms with E-state index in [2.05, 4.69) is 41.1 Å². The zero-order valence-corrected chi connectivity index (χ0v) is 14.2. The Morgan fingerprint density at radius 2 is 1.74 bits per heavy atom. The van der Waals surface area contributed by atoms with Gasteiger partial charge in [0.25, 0.3) is 0 Å². The number of hydrogen-bond acceptors (Lipinski definition) is 3. The van der Waals surface area contributed by atoms with Gasteiger partial charge in [0, 0.05) is 11.9 Å². The van der Waals surface area contributed by atoms with Crippen LogP contribution in [0, 0.1) is 0 Å². The second kappa shape index (κ2) is 7.29. The first kappa shape index (κ1) is 15.6. The van der Waals surface area contributed by atoms with Gasteiger partial charge in [0.2, 0.25) is 0 Å². The highest BCUT2D eigenvalue weighted by atomic mass is 32.1. The molecule has 0 aliphatic carbocycles. The molecule has 23 heavy (non-hydrogen) atoms. The number of ether oxygens (including phenoxy) is 1. The topological polar surface area (TPSA) is 26.5 Å². The van der Waals surface area contributed by atoms with Gasteiger partial charge < -0.3 is 9.30 Å². The van der Waals surface area contributed by atoms with Gasteiger partial charge in [0.1, 0.15) is 5.75 Å². The van der Waals surface area contributed by atoms with Gasteiger partial charge in [-0.05, 0) is 43.7 Å². The molecule has 3 nitrogen and oxygen atoms in total. The van der Waals surface area contributed by atoms with E-state index in [1.807, 2.05) is 37.3 Å². The Balaban J connectivity index is 1.98. The van der Waals surface area contributed by atoms with Crippen molar-refractivity contribution in [3.63, 3.8) is 0 Å². The molecule has 1 aromatic heterocycles. The fraction of sp³-hybridized carbons (Fsp3) is 0.211. The molecular formula is C19H20N2OS. The van der Waals surface area contributed by atoms with Crippen LogP contribution in [-0.2, 0) is 6.54 Å². The largest absolute Gasteiger partial charge is 0.494 e. The summed E-state index contributed by atoms with van der Waals surface area (Å²) >= 11 is 1.67. The average molecular weight is 324 g/mol. The van der Waals surface area contributed by atoms with Crippen molar-refractivity contribution in [1.29, 1.82) is 0 Å². The zero-order valence-electron chi connectivity index (χ0n) is 13.4. The van der Waals surface area contributed by atoms with Gasteiger partial charge in [0.05, 0.1) is 18.0 Å². The highest BCUT2D eigenvalue weighted by molar-refractivity contribution is 7.07. The van der Waals surface area contributed by atoms with Crippen LogP contribution >= 0.6 is 11.3 Å². The molecule has 118 valence electrons. The standard InChI is InChI=1S/C19H20N2OS/c1-3-21-18(15-8-6-5-7-9-15)14-23-19(21)20-16-10-12-17(13-11-16)22-4-2/h5-14H,3-4H2,1-2H3. The fourth-order valence-corrected chi connectivity index (χ4v) is 3.45. The van der Waals surface area contributed by atoms with E-state index < -0.39 is 0 Å². The lowest BCUT2D eigenvalue weighted by molar-refractivity contribution is 0.340. The lowest BCUT2D eigenvalue weighted by Crippen LogP contribution is -2.14. The second-order valence-corrected chi connectivity index (χ2v) is 5.89. The lowest BCUT2D eigenvalue weighted by Gasteiger charge is -2.06. The second-order valence-electron chi connectivity index (χ2n) is 5.05. The van der Waals surface area contributed by atoms with E-state index in [-0.39, 0.29) is 0 Å². The van der Waals surface area contributed by atoms with Crippen LogP contribution in [0.1, 0.15) is 13.8 Å². The van der Waals surface area contributed by atoms with Crippen LogP contribution in [0.2, 0.25) is 0 Å². The van der Waals surface area contributed by atoms with Crippen LogP contribution in [0.15, 0.2) is 65.0 Å². The van der Waals surface area contributed by atoms with Crippen LogP contribution in [-0.4, -0.2) is 11.2 Å². The summed E-state index contributed by atoms with van der Waals surface area (Å²) in [6, 6.07) is 18.3. The third-order valence-corrected chi connectivity index (χ3v) is 4.42. The van der Waals surface area contributed by atoms with Crippen molar-refractivity contribution in [2.75, 3.05) is 6.61 Å². The van der Waals surface area contributed by atoms with E-state index in [9.17, 15) is 0 Å². The number of benzene rings is 2. The number of nitrogens with zero attached hydrogens (tertiary/aromatic N) is 2. The molecule has 1 heterocycles. The Kier molecular flexibility index (Phi) is 4.93. The smallest absolute Gasteiger partial charge is 0.190 e. The van der Waals surface area contributed by atoms with Crippen molar-refractivity contribution < 1.29 is 4.74 Å². The highest BCUT2D eigenvalue weighted by Crippen LogP contribution is 2.21. The fourth-order valence-electron chi connectivity index (χ4n) is 2.46. The molecule has 3 aromatic rings. The summed E-state index contributed by atoms with van der Waals surface area (Å²) in [5.41, 5.74) is 3.37. The van der Waals surface area contributed by atoms with Gasteiger partial charge in [-0.25, -0.2) is 4.99 Å². The first-order valence-corrected chi connectivity index (χ1v) is 8.71. The Bertz CT molecular complexity index is 817. The van der Waals surface area contributed by atoms with E-state index in [0.29, 0.717) is 6.61 Å². The van der Waals surface area contributed by atoms with Crippen molar-refractivity contribution in [1.82, 2.24) is 4.57 Å². The van der Waals surface area contributed by atoms with E-state index in [1.165, 1.54) is 11.3 Å². The van der Waals surface area contributed by atoms with Gasteiger partial charge in [-0.15, -0.1) is 11.3 Å². The summed E-state index contributed by atoms with van der Waals surface area (Å²) in [7, 11) is 0. The van der Waals surface area contributed by atoms with Crippen molar-refractivity contribution in [2.45, 2.75) is 20.4 Å². The molecule has 0 unspecified atom stereocenters. The maximum Gasteiger partial charge on any atom is 0.190 e. The minimum atomic E-state index is 0.678. The Hall–Kier alpha value is -2.33. The van der Waals surface area contributed by atoms with Gasteiger partial charge in [-0.1, -0.05) is 30.3 Å². The number of aromatic nitrogens is 1. The first-order chi connectivity index (χ1) is 11.3. The van der Waals surface area contributed by atoms with Gasteiger partial charge >= 0.3 is 0 Å². The Morgan fingerprint density at radius 3 is 2.39 bits per heavy atom. The summed E-state index contributed by atoms with van der Waals surface area (Å²) in [5, 5.41) is 2.17. The predicted octanol–water partition coefficient (Wildman–Crippen LogP) is 4.87. The molecule has 0 aliphatic heterocycles. The van der Waals surface area contributed by atoms with Crippen molar-refractivity contribution in [3.8, 4) is 17.0 Å². The molecular weight excluding hydrogens is 304 g/mol. The number of hydrogen-bond donors (Lipinski definition) is 0. The molecule has 0 spiro atoms. The zero-order chi connectivity index (χ0) is 16.1. The quantitative estimate of drug-likeness (QED) is 0.658. The molecule has 0 fully saturated rings. The monoisotopic (exact) mass is 324 g/mol. The van der Waals surface area contributed by atoms with Gasteiger partial charge in [-0.2, -0.15) is 0 Å². The van der Waals surface area contributed by atoms with Gasteiger partial charge in [0.15, 0.2) is 4.80 Å². The van der Waals surface area contributed by atoms with Crippen LogP contribution in [0.25, 0.3) is 11.3 Å². The lowest BCUT2D eigenvalue weighted by atomic mass is 10.2. The van der Waals surface area contributed by atoms with Crippen LogP contribution in [0.5, 0.6) is 5.75 Å². The molecule has 0 saturated carbocycles. The summed E-state index contributed by atoms with van der Waals surface area (Å²) in [6.07, 6.45) is 0. The van der Waals surface area contributed by atoms with Crippen LogP contribution in [0.4, 0.5) is 5.69 Å². The predicted molar refractivity (Wildman–Crippen MR) is 96.3 cm³/mol. The molecule has 0 bridgehead atoms. The van der Waals surface area contributed by atoms with Crippen molar-refractivity contribution in [3.05, 3.63) is 64.8 Å². The highest BCUT2D eigenvalue weighted by Gasteiger charge is 2.06. The molecule has 0 amide bonds. The molecule has 0 atom stereocenters. The SMILES string of the molecule is CCOc1ccc(N=c2scc(-c3ccccc3)n2CC)cc1. The third-order valence-electron chi connectivity index (χ3n) is 3.56. The Morgan fingerprint density at radius 1 is 1.00 bits per heavy atom. The molecule has 2 aromatic carbocycles. The molecule has 0 saturated heterocycles. The molecule has 0 radical (unpaired) electrons. The first-order valence-electron chi connectivity index (χ1n) is 7.83. The minimum absolute atomic E-state index is 0.678. The van der Waals surface area contributed by atoms with Crippen LogP contribution < -0.4 is 9.54 Å². The van der Waals surface area contributed by atoms with Crippen molar-refractivity contribution in [2.24, 2.45) is 4.99 Å². The number of thiazole rings is 1. The molecule has 4 heteroatoms. The van der Waals surface area contributed by atoms with E-state index >= 15 is 0 Å². The van der Waals surface area contributed by atoms with Crippen molar-refractivity contribution >= 4 is 17.0 Å². The summed E-state index contributed by atoms with van der Waals surface area (Å²) in [5.74, 6) is 0.881. The maximum atomic E-state index is 5.47.